The predicted molar refractivity (Wildman–Crippen MR) is 76.3 cm³/mol. The first-order chi connectivity index (χ1) is 8.97. The Kier molecular flexibility index (Phi) is 4.04. The van der Waals surface area contributed by atoms with Gasteiger partial charge in [0.25, 0.3) is 0 Å². The van der Waals surface area contributed by atoms with E-state index in [1.807, 2.05) is 7.05 Å². The molecule has 0 bridgehead atoms. The molecule has 1 aliphatic heterocycles. The molecule has 4 nitrogen and oxygen atoms in total. The molecule has 2 rings (SSSR count). The van der Waals surface area contributed by atoms with Gasteiger partial charge in [-0.25, -0.2) is 4.39 Å². The number of benzene rings is 1. The zero-order chi connectivity index (χ0) is 14.0. The molecule has 1 aromatic carbocycles. The molecule has 0 aromatic heterocycles. The van der Waals surface area contributed by atoms with Gasteiger partial charge >= 0.3 is 0 Å². The maximum absolute atomic E-state index is 13.2. The molecule has 0 amide bonds. The molecule has 0 saturated carbocycles. The molecule has 5 heteroatoms. The SMILES string of the molecule is CN1CCC(CN(C)c2ccc(F)cc2C(=N)N)C1. The Balaban J connectivity index is 2.14. The lowest BCUT2D eigenvalue weighted by Crippen LogP contribution is -2.29. The van der Waals surface area contributed by atoms with Crippen LogP contribution >= 0.6 is 0 Å². The van der Waals surface area contributed by atoms with Crippen LogP contribution in [0, 0.1) is 17.1 Å². The van der Waals surface area contributed by atoms with Gasteiger partial charge in [-0.15, -0.1) is 0 Å². The van der Waals surface area contributed by atoms with Crippen LogP contribution in [0.3, 0.4) is 0 Å². The Labute approximate surface area is 113 Å². The third-order valence-corrected chi connectivity index (χ3v) is 3.68. The summed E-state index contributed by atoms with van der Waals surface area (Å²) in [6.07, 6.45) is 1.18. The van der Waals surface area contributed by atoms with Crippen molar-refractivity contribution in [2.45, 2.75) is 6.42 Å². The van der Waals surface area contributed by atoms with Crippen molar-refractivity contribution in [3.05, 3.63) is 29.6 Å². The van der Waals surface area contributed by atoms with Gasteiger partial charge in [0.2, 0.25) is 0 Å². The van der Waals surface area contributed by atoms with Crippen LogP contribution < -0.4 is 10.6 Å². The van der Waals surface area contributed by atoms with Crippen molar-refractivity contribution in [3.63, 3.8) is 0 Å². The lowest BCUT2D eigenvalue weighted by molar-refractivity contribution is 0.396. The Morgan fingerprint density at radius 1 is 1.58 bits per heavy atom. The summed E-state index contributed by atoms with van der Waals surface area (Å²) >= 11 is 0. The normalized spacial score (nSPS) is 19.6. The van der Waals surface area contributed by atoms with E-state index >= 15 is 0 Å². The smallest absolute Gasteiger partial charge is 0.125 e. The molecule has 1 fully saturated rings. The summed E-state index contributed by atoms with van der Waals surface area (Å²) in [5.74, 6) is 0.160. The molecule has 1 atom stereocenters. The third kappa shape index (κ3) is 3.23. The monoisotopic (exact) mass is 264 g/mol. The standard InChI is InChI=1S/C14H21FN4/c1-18-6-5-10(8-18)9-19(2)13-4-3-11(15)7-12(13)14(16)17/h3-4,7,10H,5-6,8-9H2,1-2H3,(H3,16,17). The quantitative estimate of drug-likeness (QED) is 0.640. The molecule has 104 valence electrons. The Bertz CT molecular complexity index is 475. The number of rotatable bonds is 4. The Morgan fingerprint density at radius 3 is 2.89 bits per heavy atom. The lowest BCUT2D eigenvalue weighted by atomic mass is 10.1. The van der Waals surface area contributed by atoms with E-state index in [1.165, 1.54) is 18.6 Å². The highest BCUT2D eigenvalue weighted by atomic mass is 19.1. The zero-order valence-electron chi connectivity index (χ0n) is 11.5. The molecule has 0 radical (unpaired) electrons. The molecule has 0 spiro atoms. The molecule has 19 heavy (non-hydrogen) atoms. The first kappa shape index (κ1) is 13.8. The molecule has 1 unspecified atom stereocenters. The van der Waals surface area contributed by atoms with Crippen molar-refractivity contribution in [3.8, 4) is 0 Å². The summed E-state index contributed by atoms with van der Waals surface area (Å²) < 4.78 is 13.2. The summed E-state index contributed by atoms with van der Waals surface area (Å²) in [7, 11) is 4.09. The number of nitrogens with one attached hydrogen (secondary N) is 1. The maximum Gasteiger partial charge on any atom is 0.125 e. The molecular formula is C14H21FN4. The second-order valence-corrected chi connectivity index (χ2v) is 5.37. The number of likely N-dealkylation sites (tertiary alicyclic amines) is 1. The molecule has 1 heterocycles. The van der Waals surface area contributed by atoms with E-state index in [9.17, 15) is 4.39 Å². The van der Waals surface area contributed by atoms with Gasteiger partial charge in [0.1, 0.15) is 11.7 Å². The highest BCUT2D eigenvalue weighted by Crippen LogP contribution is 2.23. The molecule has 1 aromatic rings. The van der Waals surface area contributed by atoms with E-state index in [2.05, 4.69) is 16.8 Å². The first-order valence-electron chi connectivity index (χ1n) is 6.51. The number of nitrogens with zero attached hydrogens (tertiary/aromatic N) is 2. The summed E-state index contributed by atoms with van der Waals surface area (Å²) in [4.78, 5) is 4.38. The van der Waals surface area contributed by atoms with Gasteiger partial charge in [0.15, 0.2) is 0 Å². The van der Waals surface area contributed by atoms with Crippen LogP contribution in [0.25, 0.3) is 0 Å². The Morgan fingerprint density at radius 2 is 2.32 bits per heavy atom. The van der Waals surface area contributed by atoms with Crippen molar-refractivity contribution in [2.24, 2.45) is 11.7 Å². The first-order valence-corrected chi connectivity index (χ1v) is 6.51. The van der Waals surface area contributed by atoms with Crippen LogP contribution in [0.2, 0.25) is 0 Å². The topological polar surface area (TPSA) is 56.4 Å². The lowest BCUT2D eigenvalue weighted by Gasteiger charge is -2.25. The van der Waals surface area contributed by atoms with Crippen LogP contribution in [0.5, 0.6) is 0 Å². The van der Waals surface area contributed by atoms with E-state index in [0.29, 0.717) is 11.5 Å². The number of anilines is 1. The molecule has 3 N–H and O–H groups in total. The van der Waals surface area contributed by atoms with Crippen LogP contribution in [0.1, 0.15) is 12.0 Å². The van der Waals surface area contributed by atoms with Crippen molar-refractivity contribution in [1.29, 1.82) is 5.41 Å². The summed E-state index contributed by atoms with van der Waals surface area (Å²) in [6, 6.07) is 4.44. The largest absolute Gasteiger partial charge is 0.384 e. The van der Waals surface area contributed by atoms with Crippen LogP contribution in [0.4, 0.5) is 10.1 Å². The average Bonchev–Trinajstić information content (AvgIpc) is 2.74. The maximum atomic E-state index is 13.2. The molecule has 0 aliphatic carbocycles. The highest BCUT2D eigenvalue weighted by molar-refractivity contribution is 6.00. The van der Waals surface area contributed by atoms with Gasteiger partial charge in [-0.3, -0.25) is 5.41 Å². The number of halogens is 1. The van der Waals surface area contributed by atoms with Crippen molar-refractivity contribution in [1.82, 2.24) is 4.90 Å². The van der Waals surface area contributed by atoms with Crippen molar-refractivity contribution < 1.29 is 4.39 Å². The van der Waals surface area contributed by atoms with Gasteiger partial charge in [-0.2, -0.15) is 0 Å². The molecular weight excluding hydrogens is 243 g/mol. The van der Waals surface area contributed by atoms with Crippen LogP contribution in [0.15, 0.2) is 18.2 Å². The molecule has 1 aliphatic rings. The fourth-order valence-corrected chi connectivity index (χ4v) is 2.72. The van der Waals surface area contributed by atoms with Gasteiger partial charge < -0.3 is 15.5 Å². The second-order valence-electron chi connectivity index (χ2n) is 5.37. The van der Waals surface area contributed by atoms with Gasteiger partial charge in [0.05, 0.1) is 0 Å². The fourth-order valence-electron chi connectivity index (χ4n) is 2.72. The van der Waals surface area contributed by atoms with Crippen LogP contribution in [-0.2, 0) is 0 Å². The van der Waals surface area contributed by atoms with E-state index in [-0.39, 0.29) is 11.7 Å². The number of amidine groups is 1. The zero-order valence-corrected chi connectivity index (χ0v) is 11.5. The van der Waals surface area contributed by atoms with Gasteiger partial charge in [-0.1, -0.05) is 0 Å². The minimum atomic E-state index is -0.358. The number of nitrogen functional groups attached to an aromatic ring is 1. The number of hydrogen-bond acceptors (Lipinski definition) is 3. The molecule has 1 saturated heterocycles. The average molecular weight is 264 g/mol. The predicted octanol–water partition coefficient (Wildman–Crippen LogP) is 1.50. The minimum Gasteiger partial charge on any atom is -0.384 e. The minimum absolute atomic E-state index is 0.0927. The summed E-state index contributed by atoms with van der Waals surface area (Å²) in [6.45, 7) is 3.11. The summed E-state index contributed by atoms with van der Waals surface area (Å²) in [5, 5.41) is 7.56. The number of hydrogen-bond donors (Lipinski definition) is 2. The second kappa shape index (κ2) is 5.57. The van der Waals surface area contributed by atoms with E-state index < -0.39 is 0 Å². The fraction of sp³-hybridized carbons (Fsp3) is 0.500. The van der Waals surface area contributed by atoms with E-state index in [0.717, 1.165) is 25.3 Å². The van der Waals surface area contributed by atoms with Crippen molar-refractivity contribution in [2.75, 3.05) is 38.6 Å². The number of nitrogens with two attached hydrogens (primary N) is 1. The summed E-state index contributed by atoms with van der Waals surface area (Å²) in [5.41, 5.74) is 6.82. The Hall–Kier alpha value is -1.62. The van der Waals surface area contributed by atoms with Crippen LogP contribution in [-0.4, -0.2) is 44.5 Å². The van der Waals surface area contributed by atoms with Crippen molar-refractivity contribution >= 4 is 11.5 Å². The van der Waals surface area contributed by atoms with E-state index in [4.69, 9.17) is 11.1 Å². The van der Waals surface area contributed by atoms with Gasteiger partial charge in [-0.05, 0) is 44.1 Å². The third-order valence-electron chi connectivity index (χ3n) is 3.68. The highest BCUT2D eigenvalue weighted by Gasteiger charge is 2.22. The van der Waals surface area contributed by atoms with Gasteiger partial charge in [0, 0.05) is 31.4 Å². The van der Waals surface area contributed by atoms with E-state index in [1.54, 1.807) is 6.07 Å².